The molecule has 1 aliphatic carbocycles. The summed E-state index contributed by atoms with van der Waals surface area (Å²) in [5.41, 5.74) is -0.658. The van der Waals surface area contributed by atoms with Gasteiger partial charge in [-0.15, -0.1) is 0 Å². The monoisotopic (exact) mass is 269 g/mol. The van der Waals surface area contributed by atoms with Crippen molar-refractivity contribution in [2.75, 3.05) is 6.54 Å². The third-order valence-electron chi connectivity index (χ3n) is 4.27. The highest BCUT2D eigenvalue weighted by molar-refractivity contribution is 5.78. The zero-order chi connectivity index (χ0) is 14.1. The van der Waals surface area contributed by atoms with E-state index in [4.69, 9.17) is 0 Å². The third kappa shape index (κ3) is 5.94. The van der Waals surface area contributed by atoms with Crippen LogP contribution in [0.1, 0.15) is 78.1 Å². The fourth-order valence-electron chi connectivity index (χ4n) is 3.06. The average molecular weight is 269 g/mol. The number of carbonyl (C=O) groups excluding carboxylic acids is 1. The van der Waals surface area contributed by atoms with E-state index in [-0.39, 0.29) is 11.8 Å². The van der Waals surface area contributed by atoms with Gasteiger partial charge >= 0.3 is 0 Å². The molecule has 0 aromatic rings. The highest BCUT2D eigenvalue weighted by Crippen LogP contribution is 2.26. The van der Waals surface area contributed by atoms with Gasteiger partial charge in [-0.2, -0.15) is 0 Å². The zero-order valence-electron chi connectivity index (χ0n) is 12.7. The Morgan fingerprint density at radius 3 is 2.11 bits per heavy atom. The van der Waals surface area contributed by atoms with Crippen molar-refractivity contribution in [2.45, 2.75) is 83.7 Å². The van der Waals surface area contributed by atoms with E-state index in [0.717, 1.165) is 51.4 Å². The summed E-state index contributed by atoms with van der Waals surface area (Å²) >= 11 is 0. The van der Waals surface area contributed by atoms with Crippen molar-refractivity contribution in [3.8, 4) is 0 Å². The molecule has 0 atom stereocenters. The third-order valence-corrected chi connectivity index (χ3v) is 4.27. The standard InChI is InChI=1S/C16H31NO2/c1-3-9-14(10-4-2)15(18)17-13-16(19)11-7-5-6-8-12-16/h14,19H,3-13H2,1-2H3,(H,17,18). The van der Waals surface area contributed by atoms with Crippen molar-refractivity contribution in [3.05, 3.63) is 0 Å². The van der Waals surface area contributed by atoms with E-state index in [2.05, 4.69) is 19.2 Å². The normalized spacial score (nSPS) is 19.2. The quantitative estimate of drug-likeness (QED) is 0.696. The van der Waals surface area contributed by atoms with E-state index in [1.807, 2.05) is 0 Å². The highest BCUT2D eigenvalue weighted by Gasteiger charge is 2.29. The summed E-state index contributed by atoms with van der Waals surface area (Å²) in [4.78, 5) is 12.2. The predicted octanol–water partition coefficient (Wildman–Crippen LogP) is 3.40. The van der Waals surface area contributed by atoms with Gasteiger partial charge < -0.3 is 10.4 Å². The Kier molecular flexibility index (Phi) is 7.44. The minimum Gasteiger partial charge on any atom is -0.388 e. The lowest BCUT2D eigenvalue weighted by molar-refractivity contribution is -0.126. The van der Waals surface area contributed by atoms with Crippen LogP contribution < -0.4 is 5.32 Å². The first kappa shape index (κ1) is 16.5. The first-order chi connectivity index (χ1) is 9.11. The number of amides is 1. The molecule has 0 bridgehead atoms. The van der Waals surface area contributed by atoms with Crippen molar-refractivity contribution in [1.82, 2.24) is 5.32 Å². The average Bonchev–Trinajstić information content (AvgIpc) is 2.61. The molecule has 0 aliphatic heterocycles. The zero-order valence-corrected chi connectivity index (χ0v) is 12.7. The molecule has 1 fully saturated rings. The molecule has 3 heteroatoms. The van der Waals surface area contributed by atoms with E-state index in [1.54, 1.807) is 0 Å². The molecule has 0 spiro atoms. The van der Waals surface area contributed by atoms with E-state index < -0.39 is 5.60 Å². The Labute approximate surface area is 118 Å². The first-order valence-electron chi connectivity index (χ1n) is 8.11. The number of rotatable bonds is 7. The topological polar surface area (TPSA) is 49.3 Å². The maximum absolute atomic E-state index is 12.2. The molecule has 0 saturated heterocycles. The molecule has 1 amide bonds. The summed E-state index contributed by atoms with van der Waals surface area (Å²) in [7, 11) is 0. The van der Waals surface area contributed by atoms with Crippen molar-refractivity contribution >= 4 is 5.91 Å². The predicted molar refractivity (Wildman–Crippen MR) is 79.0 cm³/mol. The van der Waals surface area contributed by atoms with Gasteiger partial charge in [-0.25, -0.2) is 0 Å². The maximum atomic E-state index is 12.2. The Balaban J connectivity index is 2.41. The van der Waals surface area contributed by atoms with Crippen LogP contribution in [-0.4, -0.2) is 23.2 Å². The van der Waals surface area contributed by atoms with Crippen LogP contribution in [0, 0.1) is 5.92 Å². The first-order valence-corrected chi connectivity index (χ1v) is 8.11. The summed E-state index contributed by atoms with van der Waals surface area (Å²) in [5, 5.41) is 13.5. The molecule has 2 N–H and O–H groups in total. The van der Waals surface area contributed by atoms with Crippen molar-refractivity contribution in [2.24, 2.45) is 5.92 Å². The molecule has 0 heterocycles. The van der Waals surface area contributed by atoms with Gasteiger partial charge in [0.25, 0.3) is 0 Å². The number of hydrogen-bond acceptors (Lipinski definition) is 2. The summed E-state index contributed by atoms with van der Waals surface area (Å²) in [6, 6.07) is 0. The number of aliphatic hydroxyl groups is 1. The second-order valence-corrected chi connectivity index (χ2v) is 6.13. The molecule has 1 aliphatic rings. The molecule has 1 saturated carbocycles. The van der Waals surface area contributed by atoms with Gasteiger partial charge in [0.2, 0.25) is 5.91 Å². The molecule has 0 radical (unpaired) electrons. The van der Waals surface area contributed by atoms with Gasteiger partial charge in [0.05, 0.1) is 5.60 Å². The Morgan fingerprint density at radius 2 is 1.63 bits per heavy atom. The van der Waals surface area contributed by atoms with Gasteiger partial charge in [0.15, 0.2) is 0 Å². The van der Waals surface area contributed by atoms with Gasteiger partial charge in [-0.05, 0) is 25.7 Å². The van der Waals surface area contributed by atoms with Crippen LogP contribution >= 0.6 is 0 Å². The van der Waals surface area contributed by atoms with Crippen LogP contribution in [0.5, 0.6) is 0 Å². The summed E-state index contributed by atoms with van der Waals surface area (Å²) in [6.45, 7) is 4.68. The fourth-order valence-corrected chi connectivity index (χ4v) is 3.06. The summed E-state index contributed by atoms with van der Waals surface area (Å²) in [5.74, 6) is 0.269. The SMILES string of the molecule is CCCC(CCC)C(=O)NCC1(O)CCCCCC1. The number of nitrogens with one attached hydrogen (secondary N) is 1. The molecule has 0 unspecified atom stereocenters. The van der Waals surface area contributed by atoms with Crippen molar-refractivity contribution in [1.29, 1.82) is 0 Å². The van der Waals surface area contributed by atoms with Crippen LogP contribution in [0.15, 0.2) is 0 Å². The van der Waals surface area contributed by atoms with Gasteiger partial charge in [-0.3, -0.25) is 4.79 Å². The smallest absolute Gasteiger partial charge is 0.223 e. The van der Waals surface area contributed by atoms with Crippen molar-refractivity contribution in [3.63, 3.8) is 0 Å². The largest absolute Gasteiger partial charge is 0.388 e. The van der Waals surface area contributed by atoms with Crippen molar-refractivity contribution < 1.29 is 9.90 Å². The fraction of sp³-hybridized carbons (Fsp3) is 0.938. The molecule has 1 rings (SSSR count). The summed E-state index contributed by atoms with van der Waals surface area (Å²) in [6.07, 6.45) is 10.3. The van der Waals surface area contributed by atoms with Crippen LogP contribution in [0.25, 0.3) is 0 Å². The lowest BCUT2D eigenvalue weighted by atomic mass is 9.93. The maximum Gasteiger partial charge on any atom is 0.223 e. The second kappa shape index (κ2) is 8.57. The van der Waals surface area contributed by atoms with Crippen LogP contribution in [0.3, 0.4) is 0 Å². The molecule has 0 aromatic carbocycles. The Hall–Kier alpha value is -0.570. The molecule has 19 heavy (non-hydrogen) atoms. The minimum atomic E-state index is -0.658. The highest BCUT2D eigenvalue weighted by atomic mass is 16.3. The minimum absolute atomic E-state index is 0.129. The van der Waals surface area contributed by atoms with Crippen LogP contribution in [-0.2, 0) is 4.79 Å². The summed E-state index contributed by atoms with van der Waals surface area (Å²) < 4.78 is 0. The molecule has 112 valence electrons. The lowest BCUT2D eigenvalue weighted by Gasteiger charge is -2.28. The molecular weight excluding hydrogens is 238 g/mol. The molecular formula is C16H31NO2. The van der Waals surface area contributed by atoms with Gasteiger partial charge in [0, 0.05) is 12.5 Å². The van der Waals surface area contributed by atoms with Gasteiger partial charge in [-0.1, -0.05) is 52.4 Å². The van der Waals surface area contributed by atoms with E-state index in [1.165, 1.54) is 12.8 Å². The number of hydrogen-bond donors (Lipinski definition) is 2. The van der Waals surface area contributed by atoms with E-state index in [0.29, 0.717) is 6.54 Å². The van der Waals surface area contributed by atoms with E-state index in [9.17, 15) is 9.90 Å². The molecule has 0 aromatic heterocycles. The van der Waals surface area contributed by atoms with Crippen LogP contribution in [0.4, 0.5) is 0 Å². The van der Waals surface area contributed by atoms with Gasteiger partial charge in [0.1, 0.15) is 0 Å². The number of carbonyl (C=O) groups is 1. The second-order valence-electron chi connectivity index (χ2n) is 6.13. The Bertz CT molecular complexity index is 251. The van der Waals surface area contributed by atoms with E-state index >= 15 is 0 Å². The Morgan fingerprint density at radius 1 is 1.11 bits per heavy atom. The van der Waals surface area contributed by atoms with Crippen LogP contribution in [0.2, 0.25) is 0 Å². The lowest BCUT2D eigenvalue weighted by Crippen LogP contribution is -2.44. The molecule has 3 nitrogen and oxygen atoms in total.